The Bertz CT molecular complexity index is 254. The Morgan fingerprint density at radius 1 is 1.71 bits per heavy atom. The van der Waals surface area contributed by atoms with Crippen LogP contribution >= 0.6 is 0 Å². The molecule has 1 aliphatic heterocycles. The summed E-state index contributed by atoms with van der Waals surface area (Å²) >= 11 is 0. The highest BCUT2D eigenvalue weighted by Gasteiger charge is 2.26. The molecular weight excluding hydrogens is 182 g/mol. The van der Waals surface area contributed by atoms with Gasteiger partial charge in [-0.3, -0.25) is 4.90 Å². The Kier molecular flexibility index (Phi) is 4.44. The van der Waals surface area contributed by atoms with Crippen LogP contribution in [0, 0.1) is 11.8 Å². The number of hydrogen-bond donors (Lipinski definition) is 0. The smallest absolute Gasteiger partial charge is 0.336 e. The van der Waals surface area contributed by atoms with Crippen LogP contribution in [0.3, 0.4) is 0 Å². The Hall–Kier alpha value is -1.05. The second kappa shape index (κ2) is 5.63. The van der Waals surface area contributed by atoms with Crippen LogP contribution in [0.1, 0.15) is 6.92 Å². The van der Waals surface area contributed by atoms with Gasteiger partial charge >= 0.3 is 5.97 Å². The summed E-state index contributed by atoms with van der Waals surface area (Å²) in [4.78, 5) is 13.3. The molecule has 0 N–H and O–H groups in total. The van der Waals surface area contributed by atoms with Gasteiger partial charge in [-0.25, -0.2) is 4.79 Å². The van der Waals surface area contributed by atoms with Gasteiger partial charge in [0.15, 0.2) is 6.10 Å². The van der Waals surface area contributed by atoms with Crippen molar-refractivity contribution in [2.24, 2.45) is 0 Å². The van der Waals surface area contributed by atoms with Crippen molar-refractivity contribution in [3.63, 3.8) is 0 Å². The fourth-order valence-electron chi connectivity index (χ4n) is 1.31. The van der Waals surface area contributed by atoms with Gasteiger partial charge in [-0.2, -0.15) is 0 Å². The number of morpholine rings is 1. The van der Waals surface area contributed by atoms with Crippen LogP contribution in [0.25, 0.3) is 0 Å². The van der Waals surface area contributed by atoms with Crippen molar-refractivity contribution in [3.8, 4) is 11.8 Å². The minimum absolute atomic E-state index is 0.306. The van der Waals surface area contributed by atoms with E-state index >= 15 is 0 Å². The molecule has 0 aromatic rings. The highest BCUT2D eigenvalue weighted by Crippen LogP contribution is 2.05. The minimum Gasteiger partial charge on any atom is -0.467 e. The zero-order chi connectivity index (χ0) is 10.4. The van der Waals surface area contributed by atoms with Gasteiger partial charge in [-0.05, 0) is 6.92 Å². The maximum absolute atomic E-state index is 11.2. The number of carbonyl (C=O) groups excluding carboxylic acids is 1. The molecule has 1 rings (SSSR count). The summed E-state index contributed by atoms with van der Waals surface area (Å²) in [5, 5.41) is 0. The highest BCUT2D eigenvalue weighted by molar-refractivity contribution is 5.74. The predicted molar refractivity (Wildman–Crippen MR) is 51.6 cm³/mol. The Balaban J connectivity index is 2.41. The number of nitrogens with zero attached hydrogens (tertiary/aromatic N) is 1. The number of carbonyl (C=O) groups is 1. The van der Waals surface area contributed by atoms with Crippen molar-refractivity contribution in [2.45, 2.75) is 13.0 Å². The first-order valence-electron chi connectivity index (χ1n) is 4.59. The number of methoxy groups -OCH3 is 1. The van der Waals surface area contributed by atoms with Gasteiger partial charge in [0.2, 0.25) is 0 Å². The zero-order valence-electron chi connectivity index (χ0n) is 8.58. The van der Waals surface area contributed by atoms with Crippen molar-refractivity contribution in [1.29, 1.82) is 0 Å². The van der Waals surface area contributed by atoms with Crippen LogP contribution in [0.4, 0.5) is 0 Å². The van der Waals surface area contributed by atoms with Gasteiger partial charge < -0.3 is 9.47 Å². The molecule has 0 spiro atoms. The number of hydrogen-bond acceptors (Lipinski definition) is 4. The van der Waals surface area contributed by atoms with E-state index < -0.39 is 6.10 Å². The fourth-order valence-corrected chi connectivity index (χ4v) is 1.31. The number of ether oxygens (including phenoxy) is 2. The molecule has 1 aliphatic rings. The first kappa shape index (κ1) is 11.0. The summed E-state index contributed by atoms with van der Waals surface area (Å²) in [5.74, 6) is 5.48. The second-order valence-electron chi connectivity index (χ2n) is 3.04. The summed E-state index contributed by atoms with van der Waals surface area (Å²) in [5.41, 5.74) is 0. The zero-order valence-corrected chi connectivity index (χ0v) is 8.58. The van der Waals surface area contributed by atoms with E-state index in [1.807, 2.05) is 0 Å². The summed E-state index contributed by atoms with van der Waals surface area (Å²) < 4.78 is 9.89. The molecule has 0 bridgehead atoms. The van der Waals surface area contributed by atoms with Gasteiger partial charge in [0.1, 0.15) is 0 Å². The average molecular weight is 197 g/mol. The van der Waals surface area contributed by atoms with Crippen LogP contribution in [0.2, 0.25) is 0 Å². The summed E-state index contributed by atoms with van der Waals surface area (Å²) in [7, 11) is 1.37. The third kappa shape index (κ3) is 3.02. The molecule has 1 atom stereocenters. The average Bonchev–Trinajstić information content (AvgIpc) is 2.25. The Morgan fingerprint density at radius 2 is 2.50 bits per heavy atom. The molecule has 4 heteroatoms. The van der Waals surface area contributed by atoms with E-state index in [1.165, 1.54) is 7.11 Å². The summed E-state index contributed by atoms with van der Waals surface area (Å²) in [6.45, 7) is 4.44. The van der Waals surface area contributed by atoms with E-state index in [0.29, 0.717) is 19.7 Å². The fraction of sp³-hybridized carbons (Fsp3) is 0.700. The molecule has 14 heavy (non-hydrogen) atoms. The van der Waals surface area contributed by atoms with Crippen molar-refractivity contribution in [3.05, 3.63) is 0 Å². The van der Waals surface area contributed by atoms with Crippen molar-refractivity contribution >= 4 is 5.97 Å². The maximum atomic E-state index is 11.2. The Morgan fingerprint density at radius 3 is 3.14 bits per heavy atom. The van der Waals surface area contributed by atoms with Crippen molar-refractivity contribution in [1.82, 2.24) is 4.90 Å². The molecule has 78 valence electrons. The molecule has 1 fully saturated rings. The molecule has 1 unspecified atom stereocenters. The monoisotopic (exact) mass is 197 g/mol. The van der Waals surface area contributed by atoms with Gasteiger partial charge in [0, 0.05) is 13.1 Å². The van der Waals surface area contributed by atoms with Crippen LogP contribution in [-0.2, 0) is 14.3 Å². The lowest BCUT2D eigenvalue weighted by atomic mass is 10.2. The van der Waals surface area contributed by atoms with E-state index in [2.05, 4.69) is 21.5 Å². The van der Waals surface area contributed by atoms with Crippen molar-refractivity contribution < 1.29 is 14.3 Å². The molecule has 0 aromatic heterocycles. The first-order chi connectivity index (χ1) is 6.77. The molecule has 0 radical (unpaired) electrons. The van der Waals surface area contributed by atoms with E-state index in [4.69, 9.17) is 4.74 Å². The summed E-state index contributed by atoms with van der Waals surface area (Å²) in [6, 6.07) is 0. The van der Waals surface area contributed by atoms with E-state index in [-0.39, 0.29) is 5.97 Å². The molecule has 1 heterocycles. The van der Waals surface area contributed by atoms with E-state index in [1.54, 1.807) is 6.92 Å². The lowest BCUT2D eigenvalue weighted by Crippen LogP contribution is -2.46. The maximum Gasteiger partial charge on any atom is 0.336 e. The number of esters is 1. The second-order valence-corrected chi connectivity index (χ2v) is 3.04. The quantitative estimate of drug-likeness (QED) is 0.457. The third-order valence-electron chi connectivity index (χ3n) is 2.09. The third-order valence-corrected chi connectivity index (χ3v) is 2.09. The normalized spacial score (nSPS) is 22.3. The summed E-state index contributed by atoms with van der Waals surface area (Å²) in [6.07, 6.45) is -0.451. The molecule has 0 aromatic carbocycles. The SMILES string of the molecule is CC#CCN1CCOC(C(=O)OC)C1. The largest absolute Gasteiger partial charge is 0.467 e. The van der Waals surface area contributed by atoms with E-state index in [9.17, 15) is 4.79 Å². The standard InChI is InChI=1S/C10H15NO3/c1-3-4-5-11-6-7-14-9(8-11)10(12)13-2/h9H,5-8H2,1-2H3. The lowest BCUT2D eigenvalue weighted by Gasteiger charge is -2.29. The van der Waals surface area contributed by atoms with E-state index in [0.717, 1.165) is 6.54 Å². The minimum atomic E-state index is -0.451. The molecule has 4 nitrogen and oxygen atoms in total. The number of rotatable bonds is 2. The highest BCUT2D eigenvalue weighted by atomic mass is 16.6. The van der Waals surface area contributed by atoms with Gasteiger partial charge in [-0.15, -0.1) is 5.92 Å². The first-order valence-corrected chi connectivity index (χ1v) is 4.59. The van der Waals surface area contributed by atoms with Gasteiger partial charge in [-0.1, -0.05) is 5.92 Å². The molecular formula is C10H15NO3. The van der Waals surface area contributed by atoms with Crippen LogP contribution in [0.5, 0.6) is 0 Å². The topological polar surface area (TPSA) is 38.8 Å². The molecule has 0 amide bonds. The van der Waals surface area contributed by atoms with Gasteiger partial charge in [0.05, 0.1) is 20.3 Å². The Labute approximate surface area is 84.2 Å². The molecule has 0 saturated carbocycles. The predicted octanol–water partition coefficient (Wildman–Crippen LogP) is -0.117. The van der Waals surface area contributed by atoms with Crippen LogP contribution in [0.15, 0.2) is 0 Å². The van der Waals surface area contributed by atoms with Crippen LogP contribution in [-0.4, -0.2) is 50.3 Å². The molecule has 1 saturated heterocycles. The molecule has 0 aliphatic carbocycles. The lowest BCUT2D eigenvalue weighted by molar-refractivity contribution is -0.159. The van der Waals surface area contributed by atoms with Crippen LogP contribution < -0.4 is 0 Å². The van der Waals surface area contributed by atoms with Crippen molar-refractivity contribution in [2.75, 3.05) is 33.4 Å². The van der Waals surface area contributed by atoms with Gasteiger partial charge in [0.25, 0.3) is 0 Å².